The number of hydrogen-bond donors (Lipinski definition) is 1. The maximum absolute atomic E-state index is 6.16. The van der Waals surface area contributed by atoms with Crippen LogP contribution in [-0.2, 0) is 4.74 Å². The summed E-state index contributed by atoms with van der Waals surface area (Å²) in [6.07, 6.45) is 7.86. The van der Waals surface area contributed by atoms with Crippen molar-refractivity contribution >= 4 is 0 Å². The summed E-state index contributed by atoms with van der Waals surface area (Å²) < 4.78 is 6.16. The Kier molecular flexibility index (Phi) is 5.62. The predicted octanol–water partition coefficient (Wildman–Crippen LogP) is 3.11. The van der Waals surface area contributed by atoms with Crippen LogP contribution in [0.15, 0.2) is 0 Å². The Morgan fingerprint density at radius 2 is 2.00 bits per heavy atom. The molecule has 0 aromatic heterocycles. The van der Waals surface area contributed by atoms with Crippen LogP contribution in [0.25, 0.3) is 0 Å². The van der Waals surface area contributed by atoms with Crippen molar-refractivity contribution in [3.8, 4) is 0 Å². The van der Waals surface area contributed by atoms with Crippen LogP contribution in [0, 0.1) is 0 Å². The van der Waals surface area contributed by atoms with Crippen LogP contribution in [0.1, 0.15) is 59.3 Å². The lowest BCUT2D eigenvalue weighted by atomic mass is 9.77. The first-order chi connectivity index (χ1) is 7.22. The van der Waals surface area contributed by atoms with Crippen molar-refractivity contribution in [1.82, 2.24) is 5.32 Å². The molecule has 0 aromatic carbocycles. The van der Waals surface area contributed by atoms with Gasteiger partial charge in [0.25, 0.3) is 0 Å². The molecule has 15 heavy (non-hydrogen) atoms. The number of hydrogen-bond acceptors (Lipinski definition) is 2. The molecule has 1 atom stereocenters. The minimum Gasteiger partial charge on any atom is -0.372 e. The third-order valence-corrected chi connectivity index (χ3v) is 3.48. The average Bonchev–Trinajstić information content (AvgIpc) is 2.20. The number of ether oxygens (including phenoxy) is 1. The average molecular weight is 213 g/mol. The smallest absolute Gasteiger partial charge is 0.0698 e. The second-order valence-electron chi connectivity index (χ2n) is 4.87. The quantitative estimate of drug-likeness (QED) is 0.626. The lowest BCUT2D eigenvalue weighted by Gasteiger charge is -2.43. The Bertz CT molecular complexity index is 166. The fourth-order valence-electron chi connectivity index (χ4n) is 2.13. The Morgan fingerprint density at radius 1 is 1.27 bits per heavy atom. The van der Waals surface area contributed by atoms with Gasteiger partial charge in [-0.2, -0.15) is 0 Å². The summed E-state index contributed by atoms with van der Waals surface area (Å²) in [6, 6.07) is 0. The molecule has 2 nitrogen and oxygen atoms in total. The molecule has 90 valence electrons. The SMILES string of the molecule is CCCNCCC1(OC(C)CC)CCC1. The second kappa shape index (κ2) is 6.49. The van der Waals surface area contributed by atoms with Crippen molar-refractivity contribution in [3.63, 3.8) is 0 Å². The van der Waals surface area contributed by atoms with Gasteiger partial charge in [-0.05, 0) is 58.5 Å². The number of nitrogens with one attached hydrogen (secondary N) is 1. The summed E-state index contributed by atoms with van der Waals surface area (Å²) in [4.78, 5) is 0. The molecule has 0 aromatic rings. The summed E-state index contributed by atoms with van der Waals surface area (Å²) >= 11 is 0. The van der Waals surface area contributed by atoms with Gasteiger partial charge in [-0.25, -0.2) is 0 Å². The van der Waals surface area contributed by atoms with Gasteiger partial charge in [-0.1, -0.05) is 13.8 Å². The molecule has 0 radical (unpaired) electrons. The van der Waals surface area contributed by atoms with Crippen LogP contribution < -0.4 is 5.32 Å². The first kappa shape index (κ1) is 13.0. The van der Waals surface area contributed by atoms with Crippen LogP contribution in [0.4, 0.5) is 0 Å². The molecule has 1 aliphatic rings. The van der Waals surface area contributed by atoms with Gasteiger partial charge in [-0.3, -0.25) is 0 Å². The molecule has 0 spiro atoms. The molecule has 0 aliphatic heterocycles. The van der Waals surface area contributed by atoms with Gasteiger partial charge < -0.3 is 10.1 Å². The zero-order valence-corrected chi connectivity index (χ0v) is 10.6. The van der Waals surface area contributed by atoms with Crippen LogP contribution in [0.3, 0.4) is 0 Å². The first-order valence-corrected chi connectivity index (χ1v) is 6.61. The summed E-state index contributed by atoms with van der Waals surface area (Å²) in [7, 11) is 0. The van der Waals surface area contributed by atoms with E-state index in [1.54, 1.807) is 0 Å². The van der Waals surface area contributed by atoms with Crippen molar-refractivity contribution < 1.29 is 4.74 Å². The third kappa shape index (κ3) is 4.12. The molecule has 0 bridgehead atoms. The van der Waals surface area contributed by atoms with E-state index in [9.17, 15) is 0 Å². The predicted molar refractivity (Wildman–Crippen MR) is 65.2 cm³/mol. The normalized spacial score (nSPS) is 21.0. The highest BCUT2D eigenvalue weighted by Gasteiger charge is 2.38. The molecular weight excluding hydrogens is 186 g/mol. The van der Waals surface area contributed by atoms with Gasteiger partial charge in [0.1, 0.15) is 0 Å². The molecule has 1 rings (SSSR count). The molecule has 1 saturated carbocycles. The molecule has 2 heteroatoms. The van der Waals surface area contributed by atoms with Gasteiger partial charge in [-0.15, -0.1) is 0 Å². The summed E-state index contributed by atoms with van der Waals surface area (Å²) in [5, 5.41) is 3.47. The molecule has 0 saturated heterocycles. The van der Waals surface area contributed by atoms with E-state index in [-0.39, 0.29) is 5.60 Å². The summed E-state index contributed by atoms with van der Waals surface area (Å²) in [5.41, 5.74) is 0.232. The fourth-order valence-corrected chi connectivity index (χ4v) is 2.13. The second-order valence-corrected chi connectivity index (χ2v) is 4.87. The Labute approximate surface area is 94.8 Å². The molecule has 1 unspecified atom stereocenters. The van der Waals surface area contributed by atoms with Crippen LogP contribution in [-0.4, -0.2) is 24.8 Å². The highest BCUT2D eigenvalue weighted by Crippen LogP contribution is 2.39. The lowest BCUT2D eigenvalue weighted by molar-refractivity contribution is -0.138. The van der Waals surface area contributed by atoms with Gasteiger partial charge in [0.15, 0.2) is 0 Å². The lowest BCUT2D eigenvalue weighted by Crippen LogP contribution is -2.44. The van der Waals surface area contributed by atoms with Crippen LogP contribution >= 0.6 is 0 Å². The van der Waals surface area contributed by atoms with Crippen molar-refractivity contribution in [2.75, 3.05) is 13.1 Å². The standard InChI is InChI=1S/C13H27NO/c1-4-10-14-11-9-13(7-6-8-13)15-12(3)5-2/h12,14H,4-11H2,1-3H3. The van der Waals surface area contributed by atoms with Crippen LogP contribution in [0.5, 0.6) is 0 Å². The van der Waals surface area contributed by atoms with Gasteiger partial charge >= 0.3 is 0 Å². The topological polar surface area (TPSA) is 21.3 Å². The molecule has 1 N–H and O–H groups in total. The van der Waals surface area contributed by atoms with Crippen molar-refractivity contribution in [2.24, 2.45) is 0 Å². The van der Waals surface area contributed by atoms with Gasteiger partial charge in [0, 0.05) is 0 Å². The molecular formula is C13H27NO. The summed E-state index contributed by atoms with van der Waals surface area (Å²) in [5.74, 6) is 0. The highest BCUT2D eigenvalue weighted by molar-refractivity contribution is 4.90. The van der Waals surface area contributed by atoms with Crippen molar-refractivity contribution in [2.45, 2.75) is 71.0 Å². The minimum atomic E-state index is 0.232. The van der Waals surface area contributed by atoms with E-state index in [4.69, 9.17) is 4.74 Å². The first-order valence-electron chi connectivity index (χ1n) is 6.61. The van der Waals surface area contributed by atoms with E-state index in [1.165, 1.54) is 32.1 Å². The van der Waals surface area contributed by atoms with Gasteiger partial charge in [0.05, 0.1) is 11.7 Å². The fraction of sp³-hybridized carbons (Fsp3) is 1.00. The molecule has 1 fully saturated rings. The Morgan fingerprint density at radius 3 is 2.47 bits per heavy atom. The highest BCUT2D eigenvalue weighted by atomic mass is 16.5. The van der Waals surface area contributed by atoms with E-state index in [0.717, 1.165) is 19.5 Å². The van der Waals surface area contributed by atoms with E-state index >= 15 is 0 Å². The largest absolute Gasteiger partial charge is 0.372 e. The maximum atomic E-state index is 6.16. The van der Waals surface area contributed by atoms with E-state index in [1.807, 2.05) is 0 Å². The third-order valence-electron chi connectivity index (χ3n) is 3.48. The van der Waals surface area contributed by atoms with E-state index < -0.39 is 0 Å². The minimum absolute atomic E-state index is 0.232. The maximum Gasteiger partial charge on any atom is 0.0698 e. The molecule has 0 amide bonds. The van der Waals surface area contributed by atoms with Crippen LogP contribution in [0.2, 0.25) is 0 Å². The molecule has 0 heterocycles. The van der Waals surface area contributed by atoms with Crippen molar-refractivity contribution in [1.29, 1.82) is 0 Å². The number of rotatable bonds is 8. The zero-order chi connectivity index (χ0) is 11.1. The van der Waals surface area contributed by atoms with E-state index in [0.29, 0.717) is 6.10 Å². The summed E-state index contributed by atoms with van der Waals surface area (Å²) in [6.45, 7) is 8.86. The molecule has 1 aliphatic carbocycles. The van der Waals surface area contributed by atoms with Crippen molar-refractivity contribution in [3.05, 3.63) is 0 Å². The van der Waals surface area contributed by atoms with E-state index in [2.05, 4.69) is 26.1 Å². The monoisotopic (exact) mass is 213 g/mol. The van der Waals surface area contributed by atoms with Gasteiger partial charge in [0.2, 0.25) is 0 Å². The Balaban J connectivity index is 2.20. The Hall–Kier alpha value is -0.0800. The zero-order valence-electron chi connectivity index (χ0n) is 10.6.